The molecule has 0 saturated heterocycles. The average molecular weight is 255 g/mol. The Kier molecular flexibility index (Phi) is 4.67. The molecule has 0 amide bonds. The van der Waals surface area contributed by atoms with Gasteiger partial charge < -0.3 is 9.64 Å². The number of rotatable bonds is 4. The molecular weight excluding hydrogens is 244 g/mol. The van der Waals surface area contributed by atoms with Crippen LogP contribution in [0.15, 0.2) is 6.20 Å². The van der Waals surface area contributed by atoms with E-state index in [0.29, 0.717) is 12.4 Å². The molecule has 0 aliphatic carbocycles. The Morgan fingerprint density at radius 1 is 1.71 bits per heavy atom. The number of likely N-dealkylation sites (N-methyl/N-ethyl adjacent to an activating group) is 1. The summed E-state index contributed by atoms with van der Waals surface area (Å²) in [4.78, 5) is 20.4. The molecule has 1 aromatic rings. The van der Waals surface area contributed by atoms with Crippen LogP contribution >= 0.6 is 11.6 Å². The number of ether oxygens (including phenoxy) is 1. The highest BCUT2D eigenvalue weighted by atomic mass is 35.5. The summed E-state index contributed by atoms with van der Waals surface area (Å²) in [6.07, 6.45) is 1.31. The van der Waals surface area contributed by atoms with E-state index in [1.807, 2.05) is 6.07 Å². The Balaban J connectivity index is 2.88. The van der Waals surface area contributed by atoms with Gasteiger partial charge in [0.2, 0.25) is 5.28 Å². The normalized spacial score (nSPS) is 9.53. The fourth-order valence-corrected chi connectivity index (χ4v) is 1.33. The molecule has 0 spiro atoms. The van der Waals surface area contributed by atoms with Gasteiger partial charge in [-0.25, -0.2) is 4.98 Å². The Hall–Kier alpha value is -1.87. The van der Waals surface area contributed by atoms with E-state index in [1.54, 1.807) is 14.0 Å². The maximum absolute atomic E-state index is 11.3. The number of aromatic nitrogens is 2. The zero-order valence-electron chi connectivity index (χ0n) is 9.47. The van der Waals surface area contributed by atoms with Gasteiger partial charge in [-0.2, -0.15) is 10.2 Å². The summed E-state index contributed by atoms with van der Waals surface area (Å²) in [6.45, 7) is 2.03. The molecule has 0 aliphatic heterocycles. The molecule has 1 heterocycles. The molecule has 0 saturated carbocycles. The quantitative estimate of drug-likeness (QED) is 0.589. The van der Waals surface area contributed by atoms with Gasteiger partial charge in [-0.15, -0.1) is 0 Å². The molecule has 0 unspecified atom stereocenters. The molecule has 6 nitrogen and oxygen atoms in total. The predicted molar refractivity (Wildman–Crippen MR) is 61.7 cm³/mol. The van der Waals surface area contributed by atoms with Crippen molar-refractivity contribution in [1.29, 1.82) is 5.26 Å². The zero-order chi connectivity index (χ0) is 12.8. The molecule has 0 radical (unpaired) electrons. The summed E-state index contributed by atoms with van der Waals surface area (Å²) in [5.41, 5.74) is 0.251. The maximum Gasteiger partial charge on any atom is 0.325 e. The van der Waals surface area contributed by atoms with Crippen LogP contribution < -0.4 is 4.90 Å². The number of halogens is 1. The van der Waals surface area contributed by atoms with E-state index in [4.69, 9.17) is 21.6 Å². The minimum Gasteiger partial charge on any atom is -0.465 e. The van der Waals surface area contributed by atoms with Gasteiger partial charge in [0.15, 0.2) is 5.82 Å². The van der Waals surface area contributed by atoms with Crippen molar-refractivity contribution in [2.45, 2.75) is 6.92 Å². The highest BCUT2D eigenvalue weighted by molar-refractivity contribution is 6.28. The van der Waals surface area contributed by atoms with Gasteiger partial charge in [0.05, 0.1) is 12.8 Å². The molecule has 1 aromatic heterocycles. The molecule has 90 valence electrons. The van der Waals surface area contributed by atoms with Crippen molar-refractivity contribution in [2.24, 2.45) is 0 Å². The van der Waals surface area contributed by atoms with Crippen LogP contribution in [0.3, 0.4) is 0 Å². The van der Waals surface area contributed by atoms with E-state index in [9.17, 15) is 4.79 Å². The van der Waals surface area contributed by atoms with Crippen molar-refractivity contribution in [3.63, 3.8) is 0 Å². The van der Waals surface area contributed by atoms with E-state index < -0.39 is 5.97 Å². The van der Waals surface area contributed by atoms with E-state index in [2.05, 4.69) is 9.97 Å². The Morgan fingerprint density at radius 2 is 2.41 bits per heavy atom. The van der Waals surface area contributed by atoms with Crippen molar-refractivity contribution in [2.75, 3.05) is 25.1 Å². The summed E-state index contributed by atoms with van der Waals surface area (Å²) in [6, 6.07) is 1.93. The van der Waals surface area contributed by atoms with Gasteiger partial charge in [-0.3, -0.25) is 4.79 Å². The monoisotopic (exact) mass is 254 g/mol. The third kappa shape index (κ3) is 3.57. The van der Waals surface area contributed by atoms with E-state index in [1.165, 1.54) is 11.1 Å². The van der Waals surface area contributed by atoms with Crippen LogP contribution in [0.25, 0.3) is 0 Å². The first kappa shape index (κ1) is 13.2. The molecule has 1 rings (SSSR count). The van der Waals surface area contributed by atoms with Gasteiger partial charge in [-0.05, 0) is 18.5 Å². The number of hydrogen-bond acceptors (Lipinski definition) is 6. The van der Waals surface area contributed by atoms with Crippen molar-refractivity contribution >= 4 is 23.4 Å². The number of anilines is 1. The van der Waals surface area contributed by atoms with Crippen LogP contribution in [-0.4, -0.2) is 36.1 Å². The van der Waals surface area contributed by atoms with Crippen LogP contribution in [0.5, 0.6) is 0 Å². The summed E-state index contributed by atoms with van der Waals surface area (Å²) >= 11 is 5.64. The fourth-order valence-electron chi connectivity index (χ4n) is 1.20. The molecule has 0 N–H and O–H groups in total. The van der Waals surface area contributed by atoms with Crippen molar-refractivity contribution in [1.82, 2.24) is 9.97 Å². The summed E-state index contributed by atoms with van der Waals surface area (Å²) in [7, 11) is 1.62. The predicted octanol–water partition coefficient (Wildman–Crippen LogP) is 1.00. The Morgan fingerprint density at radius 3 is 3.00 bits per heavy atom. The molecule has 7 heteroatoms. The molecule has 0 aliphatic rings. The summed E-state index contributed by atoms with van der Waals surface area (Å²) in [5, 5.41) is 8.90. The third-order valence-electron chi connectivity index (χ3n) is 1.89. The number of nitrogens with zero attached hydrogens (tertiary/aromatic N) is 4. The number of hydrogen-bond donors (Lipinski definition) is 0. The highest BCUT2D eigenvalue weighted by Crippen LogP contribution is 2.16. The van der Waals surface area contributed by atoms with Crippen molar-refractivity contribution < 1.29 is 9.53 Å². The van der Waals surface area contributed by atoms with Gasteiger partial charge >= 0.3 is 5.97 Å². The fraction of sp³-hybridized carbons (Fsp3) is 0.400. The molecule has 0 bridgehead atoms. The van der Waals surface area contributed by atoms with E-state index in [0.717, 1.165) is 0 Å². The lowest BCUT2D eigenvalue weighted by atomic mass is 10.3. The summed E-state index contributed by atoms with van der Waals surface area (Å²) < 4.78 is 4.80. The van der Waals surface area contributed by atoms with E-state index >= 15 is 0 Å². The average Bonchev–Trinajstić information content (AvgIpc) is 2.29. The lowest BCUT2D eigenvalue weighted by Gasteiger charge is -2.17. The number of carbonyl (C=O) groups excluding carboxylic acids is 1. The third-order valence-corrected chi connectivity index (χ3v) is 2.07. The second kappa shape index (κ2) is 6.01. The number of nitriles is 1. The molecule has 17 heavy (non-hydrogen) atoms. The maximum atomic E-state index is 11.3. The summed E-state index contributed by atoms with van der Waals surface area (Å²) in [5.74, 6) is -0.0887. The van der Waals surface area contributed by atoms with Crippen LogP contribution in [-0.2, 0) is 9.53 Å². The molecule has 0 atom stereocenters. The largest absolute Gasteiger partial charge is 0.465 e. The smallest absolute Gasteiger partial charge is 0.325 e. The zero-order valence-corrected chi connectivity index (χ0v) is 10.2. The second-order valence-corrected chi connectivity index (χ2v) is 3.49. The minimum atomic E-state index is -0.395. The minimum absolute atomic E-state index is 0.00410. The van der Waals surface area contributed by atoms with Crippen molar-refractivity contribution in [3.05, 3.63) is 17.0 Å². The van der Waals surface area contributed by atoms with Crippen LogP contribution in [0.4, 0.5) is 5.82 Å². The lowest BCUT2D eigenvalue weighted by Crippen LogP contribution is -2.28. The highest BCUT2D eigenvalue weighted by Gasteiger charge is 2.14. The van der Waals surface area contributed by atoms with Crippen LogP contribution in [0.2, 0.25) is 5.28 Å². The molecular formula is C10H11ClN4O2. The standard InChI is InChI=1S/C10H11ClN4O2/c1-3-17-8(16)6-15(2)9-7(4-12)5-13-10(11)14-9/h5H,3,6H2,1-2H3. The SMILES string of the molecule is CCOC(=O)CN(C)c1nc(Cl)ncc1C#N. The Labute approximate surface area is 104 Å². The first-order chi connectivity index (χ1) is 8.08. The molecule has 0 aromatic carbocycles. The van der Waals surface area contributed by atoms with E-state index in [-0.39, 0.29) is 17.4 Å². The first-order valence-electron chi connectivity index (χ1n) is 4.87. The van der Waals surface area contributed by atoms with Gasteiger partial charge in [0.25, 0.3) is 0 Å². The van der Waals surface area contributed by atoms with Crippen LogP contribution in [0.1, 0.15) is 12.5 Å². The van der Waals surface area contributed by atoms with Gasteiger partial charge in [0.1, 0.15) is 18.2 Å². The number of esters is 1. The van der Waals surface area contributed by atoms with Crippen molar-refractivity contribution in [3.8, 4) is 6.07 Å². The van der Waals surface area contributed by atoms with Crippen LogP contribution in [0, 0.1) is 11.3 Å². The molecule has 0 fully saturated rings. The lowest BCUT2D eigenvalue weighted by molar-refractivity contribution is -0.141. The van der Waals surface area contributed by atoms with Gasteiger partial charge in [-0.1, -0.05) is 0 Å². The number of carbonyl (C=O) groups is 1. The van der Waals surface area contributed by atoms with Gasteiger partial charge in [0, 0.05) is 7.05 Å². The second-order valence-electron chi connectivity index (χ2n) is 3.15. The topological polar surface area (TPSA) is 79.1 Å². The Bertz CT molecular complexity index is 458. The first-order valence-corrected chi connectivity index (χ1v) is 5.25.